The van der Waals surface area contributed by atoms with Crippen molar-refractivity contribution in [1.29, 1.82) is 0 Å². The van der Waals surface area contributed by atoms with Crippen molar-refractivity contribution in [2.75, 3.05) is 0 Å². The van der Waals surface area contributed by atoms with Crippen LogP contribution in [0.4, 0.5) is 0 Å². The summed E-state index contributed by atoms with van der Waals surface area (Å²) in [5.41, 5.74) is 0. The van der Waals surface area contributed by atoms with Crippen molar-refractivity contribution < 1.29 is 39.1 Å². The van der Waals surface area contributed by atoms with E-state index in [-0.39, 0.29) is 43.0 Å². The van der Waals surface area contributed by atoms with Crippen LogP contribution in [0.15, 0.2) is 12.3 Å². The first-order chi connectivity index (χ1) is 2.89. The van der Waals surface area contributed by atoms with Crippen LogP contribution in [0.1, 0.15) is 6.42 Å². The van der Waals surface area contributed by atoms with Crippen LogP contribution >= 0.6 is 0 Å². The van der Waals surface area contributed by atoms with Gasteiger partial charge in [0.2, 0.25) is 0 Å². The van der Waals surface area contributed by atoms with Gasteiger partial charge in [0.15, 0.2) is 0 Å². The number of esters is 1. The number of cyclic esters (lactones) is 1. The molecule has 0 aliphatic carbocycles. The predicted molar refractivity (Wildman–Crippen MR) is 26.3 cm³/mol. The van der Waals surface area contributed by atoms with E-state index < -0.39 is 0 Å². The first kappa shape index (κ1) is 11.1. The molecule has 8 heavy (non-hydrogen) atoms. The Bertz CT molecular complexity index is 88.6. The van der Waals surface area contributed by atoms with Crippen molar-refractivity contribution in [3.63, 3.8) is 0 Å². The van der Waals surface area contributed by atoms with E-state index >= 15 is 0 Å². The van der Waals surface area contributed by atoms with E-state index in [9.17, 15) is 4.79 Å². The van der Waals surface area contributed by atoms with Crippen LogP contribution in [-0.4, -0.2) is 5.97 Å². The van der Waals surface area contributed by atoms with E-state index in [4.69, 9.17) is 0 Å². The van der Waals surface area contributed by atoms with Gasteiger partial charge in [0.25, 0.3) is 0 Å². The van der Waals surface area contributed by atoms with Crippen LogP contribution in [0, 0.1) is 7.43 Å². The van der Waals surface area contributed by atoms with Crippen LogP contribution in [0.2, 0.25) is 0 Å². The summed E-state index contributed by atoms with van der Waals surface area (Å²) >= 11 is 0. The molecule has 1 rings (SSSR count). The Morgan fingerprint density at radius 2 is 2.25 bits per heavy atom. The molecule has 0 aromatic heterocycles. The molecule has 1 aliphatic heterocycles. The second-order valence-corrected chi connectivity index (χ2v) is 1.07. The molecule has 0 spiro atoms. The normalized spacial score (nSPS) is 13.8. The molecule has 1 aliphatic rings. The minimum absolute atomic E-state index is 0. The van der Waals surface area contributed by atoms with Gasteiger partial charge in [-0.15, -0.1) is 0 Å². The first-order valence-corrected chi connectivity index (χ1v) is 1.74. The van der Waals surface area contributed by atoms with Gasteiger partial charge in [0, 0.05) is 0 Å². The van der Waals surface area contributed by atoms with Gasteiger partial charge in [0.1, 0.15) is 0 Å². The molecule has 2 nitrogen and oxygen atoms in total. The quantitative estimate of drug-likeness (QED) is 0.209. The molecule has 1 heterocycles. The van der Waals surface area contributed by atoms with Gasteiger partial charge >= 0.3 is 35.5 Å². The molecule has 0 atom stereocenters. The molecular formula is C5H7NaO2. The number of hydrogen-bond donors (Lipinski definition) is 0. The Kier molecular flexibility index (Phi) is 7.40. The van der Waals surface area contributed by atoms with Crippen molar-refractivity contribution in [3.05, 3.63) is 19.8 Å². The molecule has 0 fully saturated rings. The zero-order valence-corrected chi connectivity index (χ0v) is 7.18. The summed E-state index contributed by atoms with van der Waals surface area (Å²) in [5, 5.41) is 0. The second-order valence-electron chi connectivity index (χ2n) is 1.07. The maximum Gasteiger partial charge on any atom is 1.00 e. The van der Waals surface area contributed by atoms with Gasteiger partial charge < -0.3 is 12.2 Å². The third kappa shape index (κ3) is 3.24. The molecule has 0 saturated heterocycles. The van der Waals surface area contributed by atoms with Crippen molar-refractivity contribution in [2.24, 2.45) is 0 Å². The molecule has 0 aromatic rings. The Labute approximate surface area is 71.2 Å². The van der Waals surface area contributed by atoms with E-state index in [1.54, 1.807) is 6.08 Å². The topological polar surface area (TPSA) is 26.3 Å². The van der Waals surface area contributed by atoms with Crippen LogP contribution in [0.3, 0.4) is 0 Å². The maximum atomic E-state index is 9.96. The summed E-state index contributed by atoms with van der Waals surface area (Å²) in [4.78, 5) is 9.96. The third-order valence-electron chi connectivity index (χ3n) is 0.580. The van der Waals surface area contributed by atoms with E-state index in [2.05, 4.69) is 4.74 Å². The SMILES string of the molecule is O=C1CC=CO1.[CH3-].[Na+]. The van der Waals surface area contributed by atoms with Crippen LogP contribution in [-0.2, 0) is 9.53 Å². The molecule has 0 N–H and O–H groups in total. The number of carbonyl (C=O) groups is 1. The van der Waals surface area contributed by atoms with Crippen LogP contribution < -0.4 is 29.6 Å². The van der Waals surface area contributed by atoms with Gasteiger partial charge in [0.05, 0.1) is 12.7 Å². The number of hydrogen-bond acceptors (Lipinski definition) is 2. The fourth-order valence-corrected chi connectivity index (χ4v) is 0.316. The summed E-state index contributed by atoms with van der Waals surface area (Å²) in [6.07, 6.45) is 3.53. The fraction of sp³-hybridized carbons (Fsp3) is 0.200. The maximum absolute atomic E-state index is 9.96. The molecule has 40 valence electrons. The Morgan fingerprint density at radius 1 is 1.62 bits per heavy atom. The molecule has 3 heteroatoms. The van der Waals surface area contributed by atoms with Crippen LogP contribution in [0.25, 0.3) is 0 Å². The Morgan fingerprint density at radius 3 is 2.38 bits per heavy atom. The van der Waals surface area contributed by atoms with Crippen LogP contribution in [0.5, 0.6) is 0 Å². The molecule has 0 unspecified atom stereocenters. The zero-order valence-electron chi connectivity index (χ0n) is 5.18. The summed E-state index contributed by atoms with van der Waals surface area (Å²) in [6.45, 7) is 0. The van der Waals surface area contributed by atoms with Crippen molar-refractivity contribution >= 4 is 5.97 Å². The Balaban J connectivity index is 0. The van der Waals surface area contributed by atoms with Crippen molar-refractivity contribution in [3.8, 4) is 0 Å². The number of rotatable bonds is 0. The average molecular weight is 122 g/mol. The molecule has 0 bridgehead atoms. The Hall–Kier alpha value is 0.210. The average Bonchev–Trinajstić information content (AvgIpc) is 1.86. The van der Waals surface area contributed by atoms with Gasteiger partial charge in [-0.2, -0.15) is 0 Å². The molecule has 0 saturated carbocycles. The van der Waals surface area contributed by atoms with E-state index in [1.807, 2.05) is 0 Å². The monoisotopic (exact) mass is 122 g/mol. The van der Waals surface area contributed by atoms with Gasteiger partial charge in [-0.25, -0.2) is 0 Å². The standard InChI is InChI=1S/C4H4O2.CH3.Na/c5-4-2-1-3-6-4;;/h1,3H,2H2;1H3;/q;-1;+1. The van der Waals surface area contributed by atoms with Gasteiger partial charge in [-0.05, 0) is 6.08 Å². The summed E-state index contributed by atoms with van der Waals surface area (Å²) in [6, 6.07) is 0. The van der Waals surface area contributed by atoms with Gasteiger partial charge in [-0.1, -0.05) is 0 Å². The minimum Gasteiger partial charge on any atom is -0.435 e. The predicted octanol–water partition coefficient (Wildman–Crippen LogP) is -2.10. The van der Waals surface area contributed by atoms with E-state index in [1.165, 1.54) is 6.26 Å². The summed E-state index contributed by atoms with van der Waals surface area (Å²) in [7, 11) is 0. The minimum atomic E-state index is -0.157. The molecule has 0 amide bonds. The second kappa shape index (κ2) is 5.35. The summed E-state index contributed by atoms with van der Waals surface area (Å²) in [5.74, 6) is -0.157. The summed E-state index contributed by atoms with van der Waals surface area (Å²) < 4.78 is 4.33. The van der Waals surface area contributed by atoms with E-state index in [0.717, 1.165) is 0 Å². The smallest absolute Gasteiger partial charge is 0.435 e. The van der Waals surface area contributed by atoms with Gasteiger partial charge in [-0.3, -0.25) is 4.79 Å². The van der Waals surface area contributed by atoms with Crippen molar-refractivity contribution in [2.45, 2.75) is 6.42 Å². The first-order valence-electron chi connectivity index (χ1n) is 1.74. The zero-order chi connectivity index (χ0) is 4.41. The van der Waals surface area contributed by atoms with E-state index in [0.29, 0.717) is 6.42 Å². The molecule has 0 aromatic carbocycles. The molecular weight excluding hydrogens is 115 g/mol. The number of carbonyl (C=O) groups excluding carboxylic acids is 1. The largest absolute Gasteiger partial charge is 1.00 e. The fourth-order valence-electron chi connectivity index (χ4n) is 0.316. The third-order valence-corrected chi connectivity index (χ3v) is 0.580. The number of ether oxygens (including phenoxy) is 1. The van der Waals surface area contributed by atoms with Crippen molar-refractivity contribution in [1.82, 2.24) is 0 Å². The molecule has 0 radical (unpaired) electrons.